The lowest BCUT2D eigenvalue weighted by Crippen LogP contribution is -2.48. The molecule has 1 saturated carbocycles. The van der Waals surface area contributed by atoms with E-state index in [2.05, 4.69) is 5.32 Å². The topological polar surface area (TPSA) is 41.5 Å². The molecule has 14 heavy (non-hydrogen) atoms. The van der Waals surface area contributed by atoms with E-state index < -0.39 is 0 Å². The Morgan fingerprint density at radius 2 is 2.07 bits per heavy atom. The van der Waals surface area contributed by atoms with Crippen molar-refractivity contribution in [3.63, 3.8) is 0 Å². The van der Waals surface area contributed by atoms with Crippen LogP contribution in [0.25, 0.3) is 0 Å². The lowest BCUT2D eigenvalue weighted by Gasteiger charge is -2.40. The second-order valence-corrected chi connectivity index (χ2v) is 4.20. The van der Waals surface area contributed by atoms with Gasteiger partial charge in [-0.1, -0.05) is 0 Å². The first-order valence-electron chi connectivity index (χ1n) is 5.70. The maximum atomic E-state index is 8.60. The van der Waals surface area contributed by atoms with E-state index in [1.54, 1.807) is 0 Å². The summed E-state index contributed by atoms with van der Waals surface area (Å²) in [6, 6.07) is 0. The Bertz CT molecular complexity index is 141. The van der Waals surface area contributed by atoms with E-state index in [-0.39, 0.29) is 5.60 Å². The molecule has 0 amide bonds. The molecule has 1 aliphatic carbocycles. The fraction of sp³-hybridized carbons (Fsp3) is 1.00. The minimum Gasteiger partial charge on any atom is -0.396 e. The Hall–Kier alpha value is -0.120. The Kier molecular flexibility index (Phi) is 5.45. The maximum Gasteiger partial charge on any atom is 0.0802 e. The molecule has 0 spiro atoms. The number of hydrogen-bond donors (Lipinski definition) is 2. The normalized spacial score (nSPS) is 19.3. The standard InChI is InChI=1S/C11H23NO2/c1-14-11(6-5-7-11)10-12-8-3-2-4-9-13/h12-13H,2-10H2,1H3. The van der Waals surface area contributed by atoms with Crippen molar-refractivity contribution in [2.24, 2.45) is 0 Å². The van der Waals surface area contributed by atoms with Crippen molar-refractivity contribution < 1.29 is 9.84 Å². The van der Waals surface area contributed by atoms with Crippen LogP contribution in [0.15, 0.2) is 0 Å². The summed E-state index contributed by atoms with van der Waals surface area (Å²) in [5, 5.41) is 12.0. The Labute approximate surface area is 86.8 Å². The molecule has 84 valence electrons. The molecule has 0 aliphatic heterocycles. The molecule has 3 heteroatoms. The number of rotatable bonds is 8. The van der Waals surface area contributed by atoms with Crippen molar-refractivity contribution >= 4 is 0 Å². The van der Waals surface area contributed by atoms with E-state index in [9.17, 15) is 0 Å². The summed E-state index contributed by atoms with van der Waals surface area (Å²) in [6.45, 7) is 2.36. The number of ether oxygens (including phenoxy) is 1. The SMILES string of the molecule is COC1(CNCCCCCO)CCC1. The van der Waals surface area contributed by atoms with Gasteiger partial charge in [0.1, 0.15) is 0 Å². The molecule has 0 aromatic rings. The zero-order valence-corrected chi connectivity index (χ0v) is 9.22. The van der Waals surface area contributed by atoms with E-state index in [1.807, 2.05) is 7.11 Å². The van der Waals surface area contributed by atoms with Gasteiger partial charge in [-0.05, 0) is 45.1 Å². The van der Waals surface area contributed by atoms with Crippen molar-refractivity contribution in [2.75, 3.05) is 26.8 Å². The molecule has 0 unspecified atom stereocenters. The average molecular weight is 201 g/mol. The largest absolute Gasteiger partial charge is 0.396 e. The molecule has 2 N–H and O–H groups in total. The van der Waals surface area contributed by atoms with Gasteiger partial charge in [-0.15, -0.1) is 0 Å². The molecular formula is C11H23NO2. The van der Waals surface area contributed by atoms with Gasteiger partial charge >= 0.3 is 0 Å². The van der Waals surface area contributed by atoms with Crippen LogP contribution in [0, 0.1) is 0 Å². The van der Waals surface area contributed by atoms with Crippen LogP contribution < -0.4 is 5.32 Å². The molecule has 0 atom stereocenters. The number of unbranched alkanes of at least 4 members (excludes halogenated alkanes) is 2. The van der Waals surface area contributed by atoms with E-state index in [0.29, 0.717) is 6.61 Å². The third-order valence-electron chi connectivity index (χ3n) is 3.16. The van der Waals surface area contributed by atoms with Gasteiger partial charge in [0.15, 0.2) is 0 Å². The summed E-state index contributed by atoms with van der Waals surface area (Å²) in [5.74, 6) is 0. The van der Waals surface area contributed by atoms with Gasteiger partial charge in [-0.3, -0.25) is 0 Å². The summed E-state index contributed by atoms with van der Waals surface area (Å²) in [5.41, 5.74) is 0.150. The molecule has 1 fully saturated rings. The quantitative estimate of drug-likeness (QED) is 0.582. The highest BCUT2D eigenvalue weighted by molar-refractivity contribution is 4.91. The minimum absolute atomic E-state index is 0.150. The van der Waals surface area contributed by atoms with Crippen LogP contribution in [0.5, 0.6) is 0 Å². The van der Waals surface area contributed by atoms with E-state index in [1.165, 1.54) is 19.3 Å². The van der Waals surface area contributed by atoms with Gasteiger partial charge in [0.05, 0.1) is 5.60 Å². The van der Waals surface area contributed by atoms with Gasteiger partial charge in [-0.25, -0.2) is 0 Å². The lowest BCUT2D eigenvalue weighted by atomic mass is 9.80. The first kappa shape index (κ1) is 12.0. The van der Waals surface area contributed by atoms with Crippen molar-refractivity contribution in [1.82, 2.24) is 5.32 Å². The van der Waals surface area contributed by atoms with Crippen LogP contribution in [0.3, 0.4) is 0 Å². The first-order valence-corrected chi connectivity index (χ1v) is 5.70. The van der Waals surface area contributed by atoms with Gasteiger partial charge in [0.25, 0.3) is 0 Å². The first-order chi connectivity index (χ1) is 6.83. The van der Waals surface area contributed by atoms with E-state index in [4.69, 9.17) is 9.84 Å². The van der Waals surface area contributed by atoms with E-state index >= 15 is 0 Å². The number of hydrogen-bond acceptors (Lipinski definition) is 3. The van der Waals surface area contributed by atoms with Gasteiger partial charge < -0.3 is 15.2 Å². The second kappa shape index (κ2) is 6.38. The van der Waals surface area contributed by atoms with Crippen LogP contribution in [-0.4, -0.2) is 37.5 Å². The zero-order valence-electron chi connectivity index (χ0n) is 9.22. The molecule has 0 aromatic carbocycles. The molecule has 1 rings (SSSR count). The highest BCUT2D eigenvalue weighted by atomic mass is 16.5. The Balaban J connectivity index is 1.92. The minimum atomic E-state index is 0.150. The van der Waals surface area contributed by atoms with E-state index in [0.717, 1.165) is 32.4 Å². The molecule has 0 bridgehead atoms. The van der Waals surface area contributed by atoms with Gasteiger partial charge in [0.2, 0.25) is 0 Å². The predicted molar refractivity (Wildman–Crippen MR) is 57.4 cm³/mol. The van der Waals surface area contributed by atoms with Crippen LogP contribution in [0.2, 0.25) is 0 Å². The summed E-state index contributed by atoms with van der Waals surface area (Å²) < 4.78 is 5.50. The molecule has 1 aliphatic rings. The molecule has 0 heterocycles. The summed E-state index contributed by atoms with van der Waals surface area (Å²) in [6.07, 6.45) is 6.90. The van der Waals surface area contributed by atoms with Crippen LogP contribution in [0.4, 0.5) is 0 Å². The predicted octanol–water partition coefficient (Wildman–Crippen LogP) is 1.31. The summed E-state index contributed by atoms with van der Waals surface area (Å²) >= 11 is 0. The fourth-order valence-corrected chi connectivity index (χ4v) is 1.88. The number of nitrogens with one attached hydrogen (secondary N) is 1. The van der Waals surface area contributed by atoms with Crippen molar-refractivity contribution in [3.05, 3.63) is 0 Å². The highest BCUT2D eigenvalue weighted by Gasteiger charge is 2.36. The van der Waals surface area contributed by atoms with Crippen molar-refractivity contribution in [1.29, 1.82) is 0 Å². The number of aliphatic hydroxyl groups excluding tert-OH is 1. The van der Waals surface area contributed by atoms with Crippen LogP contribution >= 0.6 is 0 Å². The van der Waals surface area contributed by atoms with Crippen molar-refractivity contribution in [2.45, 2.75) is 44.1 Å². The zero-order chi connectivity index (χ0) is 10.3. The summed E-state index contributed by atoms with van der Waals surface area (Å²) in [7, 11) is 1.81. The third-order valence-corrected chi connectivity index (χ3v) is 3.16. The number of aliphatic hydroxyl groups is 1. The smallest absolute Gasteiger partial charge is 0.0802 e. The molecule has 3 nitrogen and oxygen atoms in total. The van der Waals surface area contributed by atoms with Gasteiger partial charge in [-0.2, -0.15) is 0 Å². The Morgan fingerprint density at radius 1 is 1.29 bits per heavy atom. The summed E-state index contributed by atoms with van der Waals surface area (Å²) in [4.78, 5) is 0. The second-order valence-electron chi connectivity index (χ2n) is 4.20. The monoisotopic (exact) mass is 201 g/mol. The third kappa shape index (κ3) is 3.56. The molecule has 0 saturated heterocycles. The Morgan fingerprint density at radius 3 is 2.57 bits per heavy atom. The fourth-order valence-electron chi connectivity index (χ4n) is 1.88. The van der Waals surface area contributed by atoms with Gasteiger partial charge in [0, 0.05) is 20.3 Å². The highest BCUT2D eigenvalue weighted by Crippen LogP contribution is 2.34. The molecule has 0 aromatic heterocycles. The maximum absolute atomic E-state index is 8.60. The molecule has 0 radical (unpaired) electrons. The average Bonchev–Trinajstić information content (AvgIpc) is 2.15. The van der Waals surface area contributed by atoms with Crippen LogP contribution in [0.1, 0.15) is 38.5 Å². The lowest BCUT2D eigenvalue weighted by molar-refractivity contribution is -0.0692. The number of methoxy groups -OCH3 is 1. The van der Waals surface area contributed by atoms with Crippen LogP contribution in [-0.2, 0) is 4.74 Å². The van der Waals surface area contributed by atoms with Crippen molar-refractivity contribution in [3.8, 4) is 0 Å². The molecular weight excluding hydrogens is 178 g/mol.